The van der Waals surface area contributed by atoms with Gasteiger partial charge in [-0.25, -0.2) is 0 Å². The number of hydrogen-bond acceptors (Lipinski definition) is 0. The maximum atomic E-state index is 2.50. The van der Waals surface area contributed by atoms with E-state index in [1.807, 2.05) is 0 Å². The molecule has 0 bridgehead atoms. The molecule has 1 aliphatic rings. The van der Waals surface area contributed by atoms with E-state index >= 15 is 0 Å². The van der Waals surface area contributed by atoms with Gasteiger partial charge >= 0.3 is 0 Å². The molecule has 1 atom stereocenters. The average molecular weight is 256 g/mol. The molecule has 1 unspecified atom stereocenters. The van der Waals surface area contributed by atoms with Crippen molar-refractivity contribution >= 4 is 5.57 Å². The molecule has 0 heterocycles. The van der Waals surface area contributed by atoms with Crippen molar-refractivity contribution in [3.8, 4) is 0 Å². The third-order valence-corrected chi connectivity index (χ3v) is 4.80. The Kier molecular flexibility index (Phi) is 5.69. The SMILES string of the molecule is CCC(CC)CCC1CC=C(c2ccccc2)CC1. The zero-order valence-electron chi connectivity index (χ0n) is 12.6. The average Bonchev–Trinajstić information content (AvgIpc) is 2.50. The van der Waals surface area contributed by atoms with Gasteiger partial charge in [0.05, 0.1) is 0 Å². The largest absolute Gasteiger partial charge is 0.0804 e. The minimum Gasteiger partial charge on any atom is -0.0804 e. The van der Waals surface area contributed by atoms with Crippen LogP contribution in [0.1, 0.15) is 64.4 Å². The van der Waals surface area contributed by atoms with Crippen molar-refractivity contribution in [2.75, 3.05) is 0 Å². The predicted molar refractivity (Wildman–Crippen MR) is 85.1 cm³/mol. The van der Waals surface area contributed by atoms with Crippen molar-refractivity contribution in [2.45, 2.75) is 58.8 Å². The first-order valence-electron chi connectivity index (χ1n) is 8.07. The molecule has 0 heteroatoms. The summed E-state index contributed by atoms with van der Waals surface area (Å²) in [6.07, 6.45) is 12.0. The number of benzene rings is 1. The number of allylic oxidation sites excluding steroid dienone is 2. The van der Waals surface area contributed by atoms with Crippen LogP contribution in [0.4, 0.5) is 0 Å². The van der Waals surface area contributed by atoms with Crippen LogP contribution in [0.15, 0.2) is 36.4 Å². The van der Waals surface area contributed by atoms with Crippen molar-refractivity contribution in [3.05, 3.63) is 42.0 Å². The molecule has 1 aliphatic carbocycles. The molecule has 0 aliphatic heterocycles. The van der Waals surface area contributed by atoms with E-state index < -0.39 is 0 Å². The second-order valence-corrected chi connectivity index (χ2v) is 6.00. The molecular formula is C19H28. The summed E-state index contributed by atoms with van der Waals surface area (Å²) in [5.74, 6) is 1.90. The van der Waals surface area contributed by atoms with Crippen molar-refractivity contribution in [1.82, 2.24) is 0 Å². The molecule has 1 aromatic carbocycles. The van der Waals surface area contributed by atoms with Gasteiger partial charge in [-0.05, 0) is 48.7 Å². The Hall–Kier alpha value is -1.04. The van der Waals surface area contributed by atoms with Gasteiger partial charge in [-0.2, -0.15) is 0 Å². The Balaban J connectivity index is 1.83. The highest BCUT2D eigenvalue weighted by atomic mass is 14.2. The predicted octanol–water partition coefficient (Wildman–Crippen LogP) is 6.09. The first kappa shape index (κ1) is 14.4. The topological polar surface area (TPSA) is 0 Å². The van der Waals surface area contributed by atoms with E-state index in [1.165, 1.54) is 50.5 Å². The molecule has 0 saturated carbocycles. The van der Waals surface area contributed by atoms with Crippen LogP contribution in [0.5, 0.6) is 0 Å². The van der Waals surface area contributed by atoms with Crippen molar-refractivity contribution in [1.29, 1.82) is 0 Å². The van der Waals surface area contributed by atoms with Crippen molar-refractivity contribution in [3.63, 3.8) is 0 Å². The van der Waals surface area contributed by atoms with Crippen LogP contribution in [-0.2, 0) is 0 Å². The van der Waals surface area contributed by atoms with E-state index in [1.54, 1.807) is 5.57 Å². The third-order valence-electron chi connectivity index (χ3n) is 4.80. The first-order valence-corrected chi connectivity index (χ1v) is 8.07. The van der Waals surface area contributed by atoms with Gasteiger partial charge in [-0.15, -0.1) is 0 Å². The summed E-state index contributed by atoms with van der Waals surface area (Å²) in [6, 6.07) is 10.9. The molecule has 0 nitrogen and oxygen atoms in total. The minimum atomic E-state index is 0.938. The zero-order chi connectivity index (χ0) is 13.5. The summed E-state index contributed by atoms with van der Waals surface area (Å²) in [4.78, 5) is 0. The van der Waals surface area contributed by atoms with E-state index in [9.17, 15) is 0 Å². The normalized spacial score (nSPS) is 19.5. The van der Waals surface area contributed by atoms with Crippen LogP contribution in [0.3, 0.4) is 0 Å². The Morgan fingerprint density at radius 1 is 1.11 bits per heavy atom. The Morgan fingerprint density at radius 2 is 1.84 bits per heavy atom. The van der Waals surface area contributed by atoms with E-state index in [2.05, 4.69) is 50.3 Å². The van der Waals surface area contributed by atoms with Gasteiger partial charge in [0.15, 0.2) is 0 Å². The standard InChI is InChI=1S/C19H28/c1-3-16(4-2)10-11-17-12-14-19(15-13-17)18-8-6-5-7-9-18/h5-9,14,16-17H,3-4,10-13,15H2,1-2H3. The molecular weight excluding hydrogens is 228 g/mol. The van der Waals surface area contributed by atoms with Crippen LogP contribution in [0.25, 0.3) is 5.57 Å². The van der Waals surface area contributed by atoms with Crippen LogP contribution >= 0.6 is 0 Å². The zero-order valence-corrected chi connectivity index (χ0v) is 12.6. The van der Waals surface area contributed by atoms with Gasteiger partial charge in [0.1, 0.15) is 0 Å². The van der Waals surface area contributed by atoms with Gasteiger partial charge in [-0.3, -0.25) is 0 Å². The number of hydrogen-bond donors (Lipinski definition) is 0. The van der Waals surface area contributed by atoms with Gasteiger partial charge < -0.3 is 0 Å². The Labute approximate surface area is 118 Å². The Bertz CT molecular complexity index is 384. The second kappa shape index (κ2) is 7.53. The monoisotopic (exact) mass is 256 g/mol. The molecule has 2 rings (SSSR count). The summed E-state index contributed by atoms with van der Waals surface area (Å²) in [7, 11) is 0. The molecule has 0 radical (unpaired) electrons. The molecule has 0 spiro atoms. The highest BCUT2D eigenvalue weighted by Gasteiger charge is 2.16. The second-order valence-electron chi connectivity index (χ2n) is 6.00. The quantitative estimate of drug-likeness (QED) is 0.578. The lowest BCUT2D eigenvalue weighted by Gasteiger charge is -2.23. The fourth-order valence-electron chi connectivity index (χ4n) is 3.23. The molecule has 0 N–H and O–H groups in total. The lowest BCUT2D eigenvalue weighted by molar-refractivity contribution is 0.361. The maximum absolute atomic E-state index is 2.50. The van der Waals surface area contributed by atoms with Crippen LogP contribution < -0.4 is 0 Å². The molecule has 1 aromatic rings. The lowest BCUT2D eigenvalue weighted by Crippen LogP contribution is -2.08. The van der Waals surface area contributed by atoms with Gasteiger partial charge in [0.25, 0.3) is 0 Å². The van der Waals surface area contributed by atoms with Crippen LogP contribution in [0, 0.1) is 11.8 Å². The van der Waals surface area contributed by atoms with Crippen molar-refractivity contribution < 1.29 is 0 Å². The van der Waals surface area contributed by atoms with Gasteiger partial charge in [0.2, 0.25) is 0 Å². The lowest BCUT2D eigenvalue weighted by atomic mass is 9.82. The first-order chi connectivity index (χ1) is 9.33. The van der Waals surface area contributed by atoms with Gasteiger partial charge in [0, 0.05) is 0 Å². The molecule has 0 aromatic heterocycles. The smallest absolute Gasteiger partial charge is 0.0228 e. The summed E-state index contributed by atoms with van der Waals surface area (Å²) in [6.45, 7) is 4.67. The highest BCUT2D eigenvalue weighted by Crippen LogP contribution is 2.33. The molecule has 104 valence electrons. The third kappa shape index (κ3) is 4.23. The summed E-state index contributed by atoms with van der Waals surface area (Å²) >= 11 is 0. The maximum Gasteiger partial charge on any atom is -0.0228 e. The van der Waals surface area contributed by atoms with Crippen LogP contribution in [0.2, 0.25) is 0 Å². The fourth-order valence-corrected chi connectivity index (χ4v) is 3.23. The summed E-state index contributed by atoms with van der Waals surface area (Å²) in [5.41, 5.74) is 3.00. The van der Waals surface area contributed by atoms with Crippen LogP contribution in [-0.4, -0.2) is 0 Å². The van der Waals surface area contributed by atoms with E-state index in [0.717, 1.165) is 11.8 Å². The summed E-state index contributed by atoms with van der Waals surface area (Å²) < 4.78 is 0. The van der Waals surface area contributed by atoms with E-state index in [0.29, 0.717) is 0 Å². The van der Waals surface area contributed by atoms with E-state index in [4.69, 9.17) is 0 Å². The minimum absolute atomic E-state index is 0.938. The fraction of sp³-hybridized carbons (Fsp3) is 0.579. The highest BCUT2D eigenvalue weighted by molar-refractivity contribution is 5.66. The van der Waals surface area contributed by atoms with Gasteiger partial charge in [-0.1, -0.05) is 69.5 Å². The molecule has 0 amide bonds. The molecule has 19 heavy (non-hydrogen) atoms. The molecule has 0 fully saturated rings. The van der Waals surface area contributed by atoms with Crippen molar-refractivity contribution in [2.24, 2.45) is 11.8 Å². The number of rotatable bonds is 6. The van der Waals surface area contributed by atoms with E-state index in [-0.39, 0.29) is 0 Å². The molecule has 0 saturated heterocycles. The Morgan fingerprint density at radius 3 is 2.42 bits per heavy atom. The summed E-state index contributed by atoms with van der Waals surface area (Å²) in [5, 5.41) is 0.